The molecule has 21 heavy (non-hydrogen) atoms. The second-order valence-electron chi connectivity index (χ2n) is 5.14. The van der Waals surface area contributed by atoms with Crippen LogP contribution < -0.4 is 21.1 Å². The Balaban J connectivity index is 1.69. The molecule has 0 unspecified atom stereocenters. The Bertz CT molecular complexity index is 481. The van der Waals surface area contributed by atoms with Crippen LogP contribution in [0.4, 0.5) is 4.79 Å². The van der Waals surface area contributed by atoms with Gasteiger partial charge < -0.3 is 15.8 Å². The summed E-state index contributed by atoms with van der Waals surface area (Å²) in [5.74, 6) is 0.104. The van der Waals surface area contributed by atoms with E-state index in [0.717, 1.165) is 31.2 Å². The molecule has 3 amide bonds. The number of imide groups is 1. The number of benzene rings is 1. The highest BCUT2D eigenvalue weighted by molar-refractivity contribution is 5.95. The lowest BCUT2D eigenvalue weighted by atomic mass is 10.2. The lowest BCUT2D eigenvalue weighted by Gasteiger charge is -2.12. The van der Waals surface area contributed by atoms with Gasteiger partial charge in [-0.1, -0.05) is 25.0 Å². The van der Waals surface area contributed by atoms with Gasteiger partial charge in [0.25, 0.3) is 5.91 Å². The quantitative estimate of drug-likeness (QED) is 0.762. The van der Waals surface area contributed by atoms with Gasteiger partial charge in [0.05, 0.1) is 0 Å². The molecule has 1 aromatic carbocycles. The molecule has 1 aliphatic rings. The van der Waals surface area contributed by atoms with Crippen LogP contribution in [0.3, 0.4) is 0 Å². The first-order valence-electron chi connectivity index (χ1n) is 7.19. The van der Waals surface area contributed by atoms with Crippen molar-refractivity contribution in [2.24, 2.45) is 5.73 Å². The first-order chi connectivity index (χ1) is 10.2. The lowest BCUT2D eigenvalue weighted by molar-refractivity contribution is -0.122. The second-order valence-corrected chi connectivity index (χ2v) is 5.14. The monoisotopic (exact) mass is 291 g/mol. The minimum atomic E-state index is -0.464. The van der Waals surface area contributed by atoms with E-state index >= 15 is 0 Å². The van der Waals surface area contributed by atoms with Crippen LogP contribution in [0.15, 0.2) is 24.3 Å². The number of urea groups is 1. The maximum Gasteiger partial charge on any atom is 0.321 e. The minimum Gasteiger partial charge on any atom is -0.484 e. The molecule has 0 radical (unpaired) electrons. The molecule has 0 saturated heterocycles. The van der Waals surface area contributed by atoms with Gasteiger partial charge in [-0.25, -0.2) is 4.79 Å². The van der Waals surface area contributed by atoms with Crippen LogP contribution in [0.1, 0.15) is 31.2 Å². The number of carbonyl (C=O) groups is 2. The Morgan fingerprint density at radius 2 is 1.86 bits per heavy atom. The number of ether oxygens (including phenoxy) is 1. The fraction of sp³-hybridized carbons (Fsp3) is 0.467. The highest BCUT2D eigenvalue weighted by atomic mass is 16.5. The molecule has 0 atom stereocenters. The maximum absolute atomic E-state index is 11.6. The first kappa shape index (κ1) is 15.3. The zero-order valence-corrected chi connectivity index (χ0v) is 11.9. The molecule has 0 spiro atoms. The standard InChI is InChI=1S/C15H21N3O3/c16-9-11-5-7-13(8-6-11)21-10-14(19)18-15(20)17-12-3-1-2-4-12/h5-8,12H,1-4,9-10,16H2,(H2,17,18,19,20). The maximum atomic E-state index is 11.6. The van der Waals surface area contributed by atoms with Gasteiger partial charge in [0, 0.05) is 12.6 Å². The lowest BCUT2D eigenvalue weighted by Crippen LogP contribution is -2.45. The first-order valence-corrected chi connectivity index (χ1v) is 7.19. The van der Waals surface area contributed by atoms with Crippen molar-refractivity contribution in [2.45, 2.75) is 38.3 Å². The Kier molecular flexibility index (Phi) is 5.57. The molecule has 114 valence electrons. The van der Waals surface area contributed by atoms with Gasteiger partial charge in [0.1, 0.15) is 5.75 Å². The molecule has 4 N–H and O–H groups in total. The van der Waals surface area contributed by atoms with Crippen molar-refractivity contribution >= 4 is 11.9 Å². The van der Waals surface area contributed by atoms with Gasteiger partial charge in [-0.05, 0) is 30.5 Å². The van der Waals surface area contributed by atoms with Gasteiger partial charge in [-0.3, -0.25) is 10.1 Å². The zero-order valence-electron chi connectivity index (χ0n) is 11.9. The summed E-state index contributed by atoms with van der Waals surface area (Å²) in [5, 5.41) is 5.05. The molecule has 1 saturated carbocycles. The Labute approximate surface area is 124 Å². The largest absolute Gasteiger partial charge is 0.484 e. The van der Waals surface area contributed by atoms with E-state index in [4.69, 9.17) is 10.5 Å². The fourth-order valence-electron chi connectivity index (χ4n) is 2.32. The van der Waals surface area contributed by atoms with Crippen LogP contribution in [0, 0.1) is 0 Å². The Morgan fingerprint density at radius 1 is 1.19 bits per heavy atom. The summed E-state index contributed by atoms with van der Waals surface area (Å²) in [4.78, 5) is 23.2. The Hall–Kier alpha value is -2.08. The van der Waals surface area contributed by atoms with Crippen molar-refractivity contribution in [3.63, 3.8) is 0 Å². The Morgan fingerprint density at radius 3 is 2.48 bits per heavy atom. The van der Waals surface area contributed by atoms with Gasteiger partial charge >= 0.3 is 6.03 Å². The van der Waals surface area contributed by atoms with E-state index < -0.39 is 11.9 Å². The molecule has 0 heterocycles. The molecular weight excluding hydrogens is 270 g/mol. The van der Waals surface area contributed by atoms with Crippen LogP contribution in [-0.2, 0) is 11.3 Å². The molecular formula is C15H21N3O3. The second kappa shape index (κ2) is 7.64. The summed E-state index contributed by atoms with van der Waals surface area (Å²) in [5.41, 5.74) is 6.48. The third-order valence-corrected chi connectivity index (χ3v) is 3.47. The summed E-state index contributed by atoms with van der Waals surface area (Å²) < 4.78 is 5.31. The van der Waals surface area contributed by atoms with Crippen LogP contribution in [0.2, 0.25) is 0 Å². The van der Waals surface area contributed by atoms with Crippen molar-refractivity contribution in [3.05, 3.63) is 29.8 Å². The van der Waals surface area contributed by atoms with Crippen molar-refractivity contribution in [3.8, 4) is 5.75 Å². The highest BCUT2D eigenvalue weighted by Gasteiger charge is 2.18. The van der Waals surface area contributed by atoms with E-state index in [9.17, 15) is 9.59 Å². The zero-order chi connectivity index (χ0) is 15.1. The van der Waals surface area contributed by atoms with Gasteiger partial charge in [0.2, 0.25) is 0 Å². The average molecular weight is 291 g/mol. The molecule has 6 nitrogen and oxygen atoms in total. The van der Waals surface area contributed by atoms with E-state index in [0.29, 0.717) is 12.3 Å². The van der Waals surface area contributed by atoms with Crippen LogP contribution in [0.5, 0.6) is 5.75 Å². The van der Waals surface area contributed by atoms with E-state index in [1.807, 2.05) is 12.1 Å². The normalized spacial score (nSPS) is 14.7. The number of hydrogen-bond acceptors (Lipinski definition) is 4. The van der Waals surface area contributed by atoms with Gasteiger partial charge in [-0.2, -0.15) is 0 Å². The summed E-state index contributed by atoms with van der Waals surface area (Å²) in [6.07, 6.45) is 4.21. The summed E-state index contributed by atoms with van der Waals surface area (Å²) in [6, 6.07) is 6.89. The topological polar surface area (TPSA) is 93.4 Å². The van der Waals surface area contributed by atoms with Crippen LogP contribution in [0.25, 0.3) is 0 Å². The molecule has 2 rings (SSSR count). The van der Waals surface area contributed by atoms with Crippen LogP contribution >= 0.6 is 0 Å². The summed E-state index contributed by atoms with van der Waals surface area (Å²) >= 11 is 0. The number of rotatable bonds is 5. The van der Waals surface area contributed by atoms with Crippen molar-refractivity contribution in [2.75, 3.05) is 6.61 Å². The van der Waals surface area contributed by atoms with Crippen molar-refractivity contribution < 1.29 is 14.3 Å². The SMILES string of the molecule is NCc1ccc(OCC(=O)NC(=O)NC2CCCC2)cc1. The molecule has 0 aliphatic heterocycles. The summed E-state index contributed by atoms with van der Waals surface area (Å²) in [6.45, 7) is 0.266. The molecule has 0 aromatic heterocycles. The van der Waals surface area contributed by atoms with E-state index in [1.54, 1.807) is 12.1 Å². The molecule has 0 bridgehead atoms. The number of hydrogen-bond donors (Lipinski definition) is 3. The molecule has 1 fully saturated rings. The number of amides is 3. The predicted octanol–water partition coefficient (Wildman–Crippen LogP) is 1.29. The van der Waals surface area contributed by atoms with Crippen LogP contribution in [-0.4, -0.2) is 24.6 Å². The van der Waals surface area contributed by atoms with E-state index in [2.05, 4.69) is 10.6 Å². The van der Waals surface area contributed by atoms with E-state index in [1.165, 1.54) is 0 Å². The smallest absolute Gasteiger partial charge is 0.321 e. The predicted molar refractivity (Wildman–Crippen MR) is 78.8 cm³/mol. The molecule has 1 aliphatic carbocycles. The highest BCUT2D eigenvalue weighted by Crippen LogP contribution is 2.17. The molecule has 6 heteroatoms. The average Bonchev–Trinajstić information content (AvgIpc) is 2.98. The number of carbonyl (C=O) groups excluding carboxylic acids is 2. The number of nitrogens with one attached hydrogen (secondary N) is 2. The third kappa shape index (κ3) is 5.07. The molecule has 1 aromatic rings. The summed E-state index contributed by atoms with van der Waals surface area (Å²) in [7, 11) is 0. The van der Waals surface area contributed by atoms with Crippen molar-refractivity contribution in [1.82, 2.24) is 10.6 Å². The van der Waals surface area contributed by atoms with Crippen molar-refractivity contribution in [1.29, 1.82) is 0 Å². The van der Waals surface area contributed by atoms with E-state index in [-0.39, 0.29) is 12.6 Å². The minimum absolute atomic E-state index is 0.183. The van der Waals surface area contributed by atoms with Gasteiger partial charge in [-0.15, -0.1) is 0 Å². The van der Waals surface area contributed by atoms with Gasteiger partial charge in [0.15, 0.2) is 6.61 Å². The third-order valence-electron chi connectivity index (χ3n) is 3.47. The number of nitrogens with two attached hydrogens (primary N) is 1. The fourth-order valence-corrected chi connectivity index (χ4v) is 2.32.